The Labute approximate surface area is 495 Å². The Morgan fingerprint density at radius 1 is 0.458 bits per heavy atom. The summed E-state index contributed by atoms with van der Waals surface area (Å²) in [5, 5.41) is 11.9. The SMILES string of the molecule is Nc1nc(N)c(-c2ccc(Cl)c(Cl)c2)c(CCc2ccc(CNC(=O)Nc3cccc(S(=O)(=O)F)c3)cc2)n1.Nc1nc(N)c(-c2ccc(Cl)c(Cl)c2)c(CCc2ccc(CNC(=O)Nc3cccc(S(=O)(=O)F)c3)cc2)n1.O=S(=O)(O)O. The van der Waals surface area contributed by atoms with E-state index in [1.807, 2.05) is 48.5 Å². The Bertz CT molecular complexity index is 3780. The molecule has 2 heterocycles. The van der Waals surface area contributed by atoms with Gasteiger partial charge in [-0.3, -0.25) is 9.11 Å². The van der Waals surface area contributed by atoms with E-state index in [0.717, 1.165) is 57.6 Å². The van der Waals surface area contributed by atoms with Gasteiger partial charge < -0.3 is 44.2 Å². The van der Waals surface area contributed by atoms with E-state index in [0.29, 0.717) is 68.3 Å². The van der Waals surface area contributed by atoms with Crippen molar-refractivity contribution in [1.82, 2.24) is 30.6 Å². The average molecular weight is 1280 g/mol. The highest BCUT2D eigenvalue weighted by Gasteiger charge is 2.19. The molecule has 0 unspecified atom stereocenters. The predicted octanol–water partition coefficient (Wildman–Crippen LogP) is 10.1. The van der Waals surface area contributed by atoms with Crippen LogP contribution in [0.25, 0.3) is 22.3 Å². The van der Waals surface area contributed by atoms with Gasteiger partial charge in [0.05, 0.1) is 31.5 Å². The first kappa shape index (κ1) is 64.2. The largest absolute Gasteiger partial charge is 0.394 e. The highest BCUT2D eigenvalue weighted by Crippen LogP contribution is 2.35. The number of carbonyl (C=O) groups is 2. The molecule has 0 aliphatic heterocycles. The van der Waals surface area contributed by atoms with Crippen LogP contribution in [-0.2, 0) is 69.6 Å². The molecule has 31 heteroatoms. The van der Waals surface area contributed by atoms with Crippen LogP contribution >= 0.6 is 46.4 Å². The first-order valence-corrected chi connectivity index (χ1v) is 29.5. The number of nitrogen functional groups attached to an aromatic ring is 4. The second kappa shape index (κ2) is 28.3. The minimum atomic E-state index is -4.87. The number of halogens is 6. The molecule has 0 fully saturated rings. The molecule has 0 radical (unpaired) electrons. The summed E-state index contributed by atoms with van der Waals surface area (Å²) in [6.45, 7) is 0.432. The number of amides is 4. The second-order valence-electron chi connectivity index (χ2n) is 17.5. The number of nitrogens with one attached hydrogen (secondary N) is 4. The molecular weight excluding hydrogens is 1230 g/mol. The standard InChI is InChI=1S/2C26H23Cl2FN6O3S.H2O4S/c2*27-20-10-9-17(12-21(20)28)23-22(34-25(31)35-24(23)30)11-8-15-4-6-16(7-5-15)14-32-26(36)33-18-2-1-3-19(13-18)39(29,37)38;1-5(2,3)4/h2*1-7,9-10,12-13H,8,11,14H2,(H2,32,33,36)(H4,30,31,34,35);(H2,1,2,3,4). The fourth-order valence-electron chi connectivity index (χ4n) is 7.73. The van der Waals surface area contributed by atoms with Crippen molar-refractivity contribution in [3.63, 3.8) is 0 Å². The molecule has 4 amide bonds. The summed E-state index contributed by atoms with van der Waals surface area (Å²) < 4.78 is 102. The maximum atomic E-state index is 13.2. The third kappa shape index (κ3) is 20.1. The van der Waals surface area contributed by atoms with E-state index >= 15 is 0 Å². The van der Waals surface area contributed by atoms with Crippen molar-refractivity contribution >= 4 is 124 Å². The molecular formula is C52H48Cl4F2N12O10S3. The molecule has 0 aliphatic rings. The van der Waals surface area contributed by atoms with Crippen molar-refractivity contribution in [3.8, 4) is 22.3 Å². The highest BCUT2D eigenvalue weighted by atomic mass is 35.5. The number of anilines is 6. The van der Waals surface area contributed by atoms with Gasteiger partial charge in [-0.15, -0.1) is 7.77 Å². The van der Waals surface area contributed by atoms with Crippen molar-refractivity contribution < 1.29 is 51.7 Å². The van der Waals surface area contributed by atoms with Crippen LogP contribution in [0.15, 0.2) is 143 Å². The van der Waals surface area contributed by atoms with E-state index in [1.165, 1.54) is 24.3 Å². The maximum Gasteiger partial charge on any atom is 0.394 e. The molecule has 22 nitrogen and oxygen atoms in total. The van der Waals surface area contributed by atoms with Crippen LogP contribution in [0.3, 0.4) is 0 Å². The van der Waals surface area contributed by atoms with Gasteiger partial charge in [0.15, 0.2) is 0 Å². The number of urea groups is 2. The molecule has 2 aromatic heterocycles. The van der Waals surface area contributed by atoms with Crippen molar-refractivity contribution in [2.75, 3.05) is 33.6 Å². The molecule has 14 N–H and O–H groups in total. The first-order chi connectivity index (χ1) is 39.0. The lowest BCUT2D eigenvalue weighted by atomic mass is 9.99. The van der Waals surface area contributed by atoms with E-state index in [2.05, 4.69) is 41.2 Å². The predicted molar refractivity (Wildman–Crippen MR) is 316 cm³/mol. The van der Waals surface area contributed by atoms with E-state index < -0.39 is 52.7 Å². The minimum Gasteiger partial charge on any atom is -0.383 e. The van der Waals surface area contributed by atoms with Crippen LogP contribution in [0.2, 0.25) is 20.1 Å². The third-order valence-electron chi connectivity index (χ3n) is 11.5. The van der Waals surface area contributed by atoms with Crippen LogP contribution in [0.4, 0.5) is 52.3 Å². The number of rotatable bonds is 16. The summed E-state index contributed by atoms with van der Waals surface area (Å²) in [7, 11) is -14.4. The van der Waals surface area contributed by atoms with Gasteiger partial charge in [0.25, 0.3) is 0 Å². The summed E-state index contributed by atoms with van der Waals surface area (Å²) in [5.74, 6) is 0.635. The molecule has 0 aliphatic carbocycles. The number of benzene rings is 6. The van der Waals surface area contributed by atoms with Gasteiger partial charge in [0, 0.05) is 35.6 Å². The Kier molecular flexibility index (Phi) is 21.9. The average Bonchev–Trinajstić information content (AvgIpc) is 3.49. The number of hydrogen-bond donors (Lipinski definition) is 10. The number of nitrogens with two attached hydrogens (primary N) is 4. The Hall–Kier alpha value is -7.99. The van der Waals surface area contributed by atoms with Crippen molar-refractivity contribution in [3.05, 3.63) is 187 Å². The zero-order chi connectivity index (χ0) is 60.8. The zero-order valence-electron chi connectivity index (χ0n) is 42.7. The normalized spacial score (nSPS) is 11.3. The van der Waals surface area contributed by atoms with Gasteiger partial charge in [0.1, 0.15) is 21.4 Å². The lowest BCUT2D eigenvalue weighted by Gasteiger charge is -2.13. The summed E-state index contributed by atoms with van der Waals surface area (Å²) in [5.41, 5.74) is 32.1. The van der Waals surface area contributed by atoms with Gasteiger partial charge in [-0.2, -0.15) is 35.2 Å². The minimum absolute atomic E-state index is 0.0732. The maximum absolute atomic E-state index is 13.2. The van der Waals surface area contributed by atoms with E-state index in [-0.39, 0.29) is 48.0 Å². The van der Waals surface area contributed by atoms with Crippen molar-refractivity contribution in [2.45, 2.75) is 48.6 Å². The molecule has 436 valence electrons. The molecule has 0 spiro atoms. The van der Waals surface area contributed by atoms with Crippen molar-refractivity contribution in [1.29, 1.82) is 0 Å². The number of carbonyl (C=O) groups excluding carboxylic acids is 2. The Morgan fingerprint density at radius 3 is 1.12 bits per heavy atom. The quantitative estimate of drug-likeness (QED) is 0.0317. The lowest BCUT2D eigenvalue weighted by molar-refractivity contribution is 0.251. The van der Waals surface area contributed by atoms with Crippen molar-refractivity contribution in [2.24, 2.45) is 0 Å². The topological polar surface area (TPSA) is 381 Å². The monoisotopic (exact) mass is 1270 g/mol. The van der Waals surface area contributed by atoms with E-state index in [1.54, 1.807) is 36.4 Å². The van der Waals surface area contributed by atoms with Crippen LogP contribution in [0, 0.1) is 0 Å². The fraction of sp³-hybridized carbons (Fsp3) is 0.115. The fourth-order valence-corrected chi connectivity index (χ4v) is 9.34. The van der Waals surface area contributed by atoms with E-state index in [9.17, 15) is 34.2 Å². The molecule has 6 aromatic carbocycles. The molecule has 0 atom stereocenters. The first-order valence-electron chi connectivity index (χ1n) is 23.8. The zero-order valence-corrected chi connectivity index (χ0v) is 48.2. The number of nitrogens with zero attached hydrogens (tertiary/aromatic N) is 4. The summed E-state index contributed by atoms with van der Waals surface area (Å²) in [4.78, 5) is 40.3. The smallest absolute Gasteiger partial charge is 0.383 e. The second-order valence-corrected chi connectivity index (χ2v) is 22.7. The molecule has 83 heavy (non-hydrogen) atoms. The van der Waals surface area contributed by atoms with Crippen LogP contribution < -0.4 is 44.2 Å². The van der Waals surface area contributed by atoms with Crippen LogP contribution in [0.1, 0.15) is 33.6 Å². The number of hydrogen-bond acceptors (Lipinski definition) is 16. The molecule has 0 saturated carbocycles. The number of aromatic nitrogens is 4. The summed E-state index contributed by atoms with van der Waals surface area (Å²) in [6, 6.07) is 34.2. The molecule has 0 saturated heterocycles. The number of aryl methyl sites for hydroxylation is 4. The van der Waals surface area contributed by atoms with Gasteiger partial charge >= 0.3 is 42.9 Å². The molecule has 0 bridgehead atoms. The summed E-state index contributed by atoms with van der Waals surface area (Å²) >= 11 is 24.5. The van der Waals surface area contributed by atoms with Gasteiger partial charge in [-0.1, -0.05) is 119 Å². The Balaban J connectivity index is 0.000000246. The third-order valence-corrected chi connectivity index (χ3v) is 14.6. The van der Waals surface area contributed by atoms with Crippen LogP contribution in [-0.4, -0.2) is 66.4 Å². The highest BCUT2D eigenvalue weighted by molar-refractivity contribution is 7.86. The molecule has 8 rings (SSSR count). The summed E-state index contributed by atoms with van der Waals surface area (Å²) in [6.07, 6.45) is 2.32. The Morgan fingerprint density at radius 2 is 0.795 bits per heavy atom. The van der Waals surface area contributed by atoms with Crippen LogP contribution in [0.5, 0.6) is 0 Å². The van der Waals surface area contributed by atoms with Gasteiger partial charge in [-0.25, -0.2) is 19.6 Å². The van der Waals surface area contributed by atoms with E-state index in [4.69, 9.17) is 86.9 Å². The van der Waals surface area contributed by atoms with Gasteiger partial charge in [0.2, 0.25) is 11.9 Å². The molecule has 8 aromatic rings. The van der Waals surface area contributed by atoms with Gasteiger partial charge in [-0.05, 0) is 120 Å². The lowest BCUT2D eigenvalue weighted by Crippen LogP contribution is -2.28.